The highest BCUT2D eigenvalue weighted by Crippen LogP contribution is 2.23. The molecule has 3 N–H and O–H groups in total. The molecule has 10 heteroatoms. The van der Waals surface area contributed by atoms with E-state index in [0.29, 0.717) is 5.69 Å². The van der Waals surface area contributed by atoms with Gasteiger partial charge in [0.1, 0.15) is 11.9 Å². The van der Waals surface area contributed by atoms with Gasteiger partial charge in [-0.15, -0.1) is 13.2 Å². The maximum absolute atomic E-state index is 12.1. The molecule has 7 nitrogen and oxygen atoms in total. The van der Waals surface area contributed by atoms with Crippen molar-refractivity contribution in [3.63, 3.8) is 0 Å². The van der Waals surface area contributed by atoms with Crippen LogP contribution in [0.1, 0.15) is 11.8 Å². The number of hydrogen-bond acceptors (Lipinski definition) is 4. The summed E-state index contributed by atoms with van der Waals surface area (Å²) >= 11 is 0. The standard InChI is InChI=1S/C16H16F3N3O4/c1-22-8-2-3-12(22)13(23)9-20-14(24)15(25)21-10-4-6-11(7-5-10)26-16(17,18)19/h2-8,13,23H,9H2,1H3,(H,20,24)(H,21,25)/t13-/m0/s1. The summed E-state index contributed by atoms with van der Waals surface area (Å²) in [4.78, 5) is 23.5. The Labute approximate surface area is 146 Å². The number of aromatic nitrogens is 1. The molecule has 140 valence electrons. The molecule has 0 aliphatic rings. The van der Waals surface area contributed by atoms with Crippen LogP contribution in [0.3, 0.4) is 0 Å². The predicted molar refractivity (Wildman–Crippen MR) is 85.1 cm³/mol. The van der Waals surface area contributed by atoms with Crippen LogP contribution in [0, 0.1) is 0 Å². The van der Waals surface area contributed by atoms with Gasteiger partial charge < -0.3 is 25.0 Å². The van der Waals surface area contributed by atoms with Gasteiger partial charge in [0.05, 0.1) is 0 Å². The molecule has 0 bridgehead atoms. The lowest BCUT2D eigenvalue weighted by Gasteiger charge is -2.13. The van der Waals surface area contributed by atoms with Crippen LogP contribution >= 0.6 is 0 Å². The van der Waals surface area contributed by atoms with Crippen LogP contribution in [0.5, 0.6) is 5.75 Å². The van der Waals surface area contributed by atoms with E-state index in [2.05, 4.69) is 15.4 Å². The number of benzene rings is 1. The smallest absolute Gasteiger partial charge is 0.406 e. The molecule has 2 rings (SSSR count). The largest absolute Gasteiger partial charge is 0.573 e. The van der Waals surface area contributed by atoms with Crippen LogP contribution in [-0.4, -0.2) is 34.4 Å². The number of amides is 2. The second-order valence-electron chi connectivity index (χ2n) is 5.30. The maximum Gasteiger partial charge on any atom is 0.573 e. The van der Waals surface area contributed by atoms with E-state index in [9.17, 15) is 27.9 Å². The summed E-state index contributed by atoms with van der Waals surface area (Å²) < 4.78 is 41.6. The van der Waals surface area contributed by atoms with E-state index in [1.807, 2.05) is 0 Å². The molecule has 1 aromatic heterocycles. The van der Waals surface area contributed by atoms with Crippen molar-refractivity contribution >= 4 is 17.5 Å². The van der Waals surface area contributed by atoms with Gasteiger partial charge in [-0.1, -0.05) is 0 Å². The minimum atomic E-state index is -4.82. The van der Waals surface area contributed by atoms with Gasteiger partial charge in [0.15, 0.2) is 0 Å². The lowest BCUT2D eigenvalue weighted by Crippen LogP contribution is -2.37. The normalized spacial score (nSPS) is 12.3. The van der Waals surface area contributed by atoms with Crippen molar-refractivity contribution in [3.05, 3.63) is 48.3 Å². The molecule has 0 saturated carbocycles. The first kappa shape index (κ1) is 19.3. The number of rotatable bonds is 5. The Morgan fingerprint density at radius 3 is 2.38 bits per heavy atom. The highest BCUT2D eigenvalue weighted by atomic mass is 19.4. The molecule has 0 aliphatic carbocycles. The summed E-state index contributed by atoms with van der Waals surface area (Å²) in [6, 6.07) is 7.71. The average molecular weight is 371 g/mol. The molecular formula is C16H16F3N3O4. The number of ether oxygens (including phenoxy) is 1. The Bertz CT molecular complexity index is 772. The molecule has 0 saturated heterocycles. The summed E-state index contributed by atoms with van der Waals surface area (Å²) in [5.41, 5.74) is 0.675. The van der Waals surface area contributed by atoms with E-state index in [0.717, 1.165) is 24.3 Å². The van der Waals surface area contributed by atoms with E-state index in [4.69, 9.17) is 0 Å². The molecule has 1 atom stereocenters. The fraction of sp³-hybridized carbons (Fsp3) is 0.250. The number of anilines is 1. The number of nitrogens with zero attached hydrogens (tertiary/aromatic N) is 1. The number of carbonyl (C=O) groups excluding carboxylic acids is 2. The first-order chi connectivity index (χ1) is 12.2. The lowest BCUT2D eigenvalue weighted by molar-refractivity contribution is -0.274. The highest BCUT2D eigenvalue weighted by Gasteiger charge is 2.31. The Kier molecular flexibility index (Phi) is 5.88. The Hall–Kier alpha value is -3.01. The van der Waals surface area contributed by atoms with Crippen molar-refractivity contribution in [2.75, 3.05) is 11.9 Å². The first-order valence-corrected chi connectivity index (χ1v) is 7.40. The molecule has 0 aliphatic heterocycles. The van der Waals surface area contributed by atoms with Crippen LogP contribution < -0.4 is 15.4 Å². The number of halogens is 3. The van der Waals surface area contributed by atoms with Gasteiger partial charge in [-0.3, -0.25) is 9.59 Å². The molecule has 0 radical (unpaired) electrons. The van der Waals surface area contributed by atoms with Gasteiger partial charge in [0.2, 0.25) is 0 Å². The summed E-state index contributed by atoms with van der Waals surface area (Å²) in [5.74, 6) is -2.46. The second-order valence-corrected chi connectivity index (χ2v) is 5.30. The van der Waals surface area contributed by atoms with Crippen molar-refractivity contribution in [2.45, 2.75) is 12.5 Å². The molecule has 26 heavy (non-hydrogen) atoms. The third-order valence-electron chi connectivity index (χ3n) is 3.33. The second kappa shape index (κ2) is 7.91. The van der Waals surface area contributed by atoms with Gasteiger partial charge in [0.25, 0.3) is 0 Å². The van der Waals surface area contributed by atoms with Crippen LogP contribution in [0.15, 0.2) is 42.6 Å². The zero-order valence-corrected chi connectivity index (χ0v) is 13.6. The molecule has 1 heterocycles. The quantitative estimate of drug-likeness (QED) is 0.698. The number of aliphatic hydroxyl groups is 1. The molecule has 0 fully saturated rings. The fourth-order valence-electron chi connectivity index (χ4n) is 2.12. The fourth-order valence-corrected chi connectivity index (χ4v) is 2.12. The van der Waals surface area contributed by atoms with Gasteiger partial charge >= 0.3 is 18.2 Å². The first-order valence-electron chi connectivity index (χ1n) is 7.40. The van der Waals surface area contributed by atoms with E-state index in [-0.39, 0.29) is 12.2 Å². The third kappa shape index (κ3) is 5.52. The minimum absolute atomic E-state index is 0.114. The highest BCUT2D eigenvalue weighted by molar-refractivity contribution is 6.39. The zero-order chi connectivity index (χ0) is 19.3. The molecule has 0 spiro atoms. The van der Waals surface area contributed by atoms with Crippen molar-refractivity contribution in [2.24, 2.45) is 7.05 Å². The maximum atomic E-state index is 12.1. The van der Waals surface area contributed by atoms with Crippen molar-refractivity contribution < 1.29 is 32.6 Å². The van der Waals surface area contributed by atoms with E-state index in [1.54, 1.807) is 29.9 Å². The Morgan fingerprint density at radius 2 is 1.85 bits per heavy atom. The summed E-state index contributed by atoms with van der Waals surface area (Å²) in [6.45, 7) is -0.178. The minimum Gasteiger partial charge on any atom is -0.406 e. The number of hydrogen-bond donors (Lipinski definition) is 3. The van der Waals surface area contributed by atoms with Crippen LogP contribution in [0.25, 0.3) is 0 Å². The van der Waals surface area contributed by atoms with Crippen LogP contribution in [-0.2, 0) is 16.6 Å². The number of carbonyl (C=O) groups is 2. The third-order valence-corrected chi connectivity index (χ3v) is 3.33. The number of alkyl halides is 3. The number of aryl methyl sites for hydroxylation is 1. The van der Waals surface area contributed by atoms with Crippen LogP contribution in [0.4, 0.5) is 18.9 Å². The zero-order valence-electron chi connectivity index (χ0n) is 13.6. The van der Waals surface area contributed by atoms with Crippen LogP contribution in [0.2, 0.25) is 0 Å². The number of aliphatic hydroxyl groups excluding tert-OH is 1. The molecular weight excluding hydrogens is 355 g/mol. The van der Waals surface area contributed by atoms with Gasteiger partial charge in [-0.05, 0) is 36.4 Å². The molecule has 2 aromatic rings. The van der Waals surface area contributed by atoms with E-state index >= 15 is 0 Å². The summed E-state index contributed by atoms with van der Waals surface area (Å²) in [5, 5.41) is 14.5. The van der Waals surface area contributed by atoms with Crippen molar-refractivity contribution in [3.8, 4) is 5.75 Å². The van der Waals surface area contributed by atoms with Gasteiger partial charge in [-0.25, -0.2) is 0 Å². The van der Waals surface area contributed by atoms with E-state index < -0.39 is 30.0 Å². The van der Waals surface area contributed by atoms with E-state index in [1.165, 1.54) is 0 Å². The number of nitrogens with one attached hydrogen (secondary N) is 2. The lowest BCUT2D eigenvalue weighted by atomic mass is 10.2. The summed E-state index contributed by atoms with van der Waals surface area (Å²) in [7, 11) is 1.72. The monoisotopic (exact) mass is 371 g/mol. The molecule has 2 amide bonds. The Morgan fingerprint density at radius 1 is 1.19 bits per heavy atom. The Balaban J connectivity index is 1.85. The van der Waals surface area contributed by atoms with Gasteiger partial charge in [-0.2, -0.15) is 0 Å². The van der Waals surface area contributed by atoms with Crippen molar-refractivity contribution in [1.29, 1.82) is 0 Å². The van der Waals surface area contributed by atoms with Gasteiger partial charge in [0, 0.05) is 31.2 Å². The average Bonchev–Trinajstić information content (AvgIpc) is 2.99. The predicted octanol–water partition coefficient (Wildman–Crippen LogP) is 1.71. The molecule has 0 unspecified atom stereocenters. The topological polar surface area (TPSA) is 92.6 Å². The van der Waals surface area contributed by atoms with Crippen molar-refractivity contribution in [1.82, 2.24) is 9.88 Å². The molecule has 1 aromatic carbocycles. The SMILES string of the molecule is Cn1cccc1[C@@H](O)CNC(=O)C(=O)Nc1ccc(OC(F)(F)F)cc1. The summed E-state index contributed by atoms with van der Waals surface area (Å²) in [6.07, 6.45) is -4.09.